The first-order valence-corrected chi connectivity index (χ1v) is 6.97. The Morgan fingerprint density at radius 1 is 1.58 bits per heavy atom. The standard InChI is InChI=1S/C13H18N2O3S/c1-4-6-7-8-15(3)12(16)10-9-19-11(14-10)13(17)18-5-2/h4,9H,1,5-8H2,2-3H3. The second kappa shape index (κ2) is 7.68. The number of unbranched alkanes of at least 4 members (excludes halogenated alkanes) is 1. The number of carbonyl (C=O) groups is 2. The molecule has 0 N–H and O–H groups in total. The van der Waals surface area contributed by atoms with Gasteiger partial charge >= 0.3 is 5.97 Å². The molecular weight excluding hydrogens is 264 g/mol. The average molecular weight is 282 g/mol. The average Bonchev–Trinajstić information content (AvgIpc) is 2.88. The van der Waals surface area contributed by atoms with E-state index in [4.69, 9.17) is 4.74 Å². The molecule has 0 aromatic carbocycles. The zero-order valence-electron chi connectivity index (χ0n) is 11.2. The maximum Gasteiger partial charge on any atom is 0.367 e. The number of aromatic nitrogens is 1. The molecule has 1 amide bonds. The lowest BCUT2D eigenvalue weighted by Gasteiger charge is -2.14. The maximum atomic E-state index is 12.0. The van der Waals surface area contributed by atoms with E-state index in [1.807, 2.05) is 6.08 Å². The first-order chi connectivity index (χ1) is 9.10. The molecule has 0 atom stereocenters. The Hall–Kier alpha value is -1.69. The van der Waals surface area contributed by atoms with Crippen LogP contribution in [0.5, 0.6) is 0 Å². The van der Waals surface area contributed by atoms with Gasteiger partial charge in [-0.1, -0.05) is 6.08 Å². The molecule has 0 aliphatic rings. The van der Waals surface area contributed by atoms with Gasteiger partial charge in [-0.3, -0.25) is 4.79 Å². The Labute approximate surface area is 116 Å². The summed E-state index contributed by atoms with van der Waals surface area (Å²) in [7, 11) is 1.72. The van der Waals surface area contributed by atoms with E-state index in [1.54, 1.807) is 24.3 Å². The quantitative estimate of drug-likeness (QED) is 0.437. The first kappa shape index (κ1) is 15.4. The molecule has 0 unspecified atom stereocenters. The highest BCUT2D eigenvalue weighted by molar-refractivity contribution is 7.11. The molecular formula is C13H18N2O3S. The van der Waals surface area contributed by atoms with E-state index in [1.165, 1.54) is 0 Å². The molecule has 1 heterocycles. The van der Waals surface area contributed by atoms with E-state index >= 15 is 0 Å². The number of carbonyl (C=O) groups excluding carboxylic acids is 2. The molecule has 0 aliphatic heterocycles. The van der Waals surface area contributed by atoms with Crippen LogP contribution < -0.4 is 0 Å². The zero-order valence-corrected chi connectivity index (χ0v) is 12.0. The van der Waals surface area contributed by atoms with Crippen LogP contribution in [-0.4, -0.2) is 42.0 Å². The van der Waals surface area contributed by atoms with E-state index in [0.29, 0.717) is 13.2 Å². The van der Waals surface area contributed by atoms with Crippen molar-refractivity contribution < 1.29 is 14.3 Å². The maximum absolute atomic E-state index is 12.0. The van der Waals surface area contributed by atoms with Crippen LogP contribution in [0.1, 0.15) is 40.1 Å². The predicted octanol–water partition coefficient (Wildman–Crippen LogP) is 2.36. The Balaban J connectivity index is 2.62. The minimum absolute atomic E-state index is 0.184. The molecule has 5 nitrogen and oxygen atoms in total. The van der Waals surface area contributed by atoms with E-state index in [0.717, 1.165) is 24.2 Å². The number of esters is 1. The van der Waals surface area contributed by atoms with Crippen molar-refractivity contribution in [3.63, 3.8) is 0 Å². The fourth-order valence-corrected chi connectivity index (χ4v) is 2.11. The number of rotatable bonds is 7. The normalized spacial score (nSPS) is 10.0. The van der Waals surface area contributed by atoms with Crippen molar-refractivity contribution in [1.82, 2.24) is 9.88 Å². The molecule has 1 aromatic rings. The molecule has 0 spiro atoms. The fourth-order valence-electron chi connectivity index (χ4n) is 1.43. The topological polar surface area (TPSA) is 59.5 Å². The van der Waals surface area contributed by atoms with Crippen LogP contribution >= 0.6 is 11.3 Å². The fraction of sp³-hybridized carbons (Fsp3) is 0.462. The summed E-state index contributed by atoms with van der Waals surface area (Å²) >= 11 is 1.12. The first-order valence-electron chi connectivity index (χ1n) is 6.09. The molecule has 0 bridgehead atoms. The highest BCUT2D eigenvalue weighted by Crippen LogP contribution is 2.13. The van der Waals surface area contributed by atoms with Gasteiger partial charge in [0.25, 0.3) is 5.91 Å². The number of hydrogen-bond donors (Lipinski definition) is 0. The smallest absolute Gasteiger partial charge is 0.367 e. The lowest BCUT2D eigenvalue weighted by molar-refractivity contribution is 0.0526. The minimum Gasteiger partial charge on any atom is -0.461 e. The number of nitrogens with zero attached hydrogens (tertiary/aromatic N) is 2. The Kier molecular flexibility index (Phi) is 6.21. The van der Waals surface area contributed by atoms with Gasteiger partial charge in [0, 0.05) is 19.0 Å². The van der Waals surface area contributed by atoms with Crippen LogP contribution in [0, 0.1) is 0 Å². The predicted molar refractivity (Wildman–Crippen MR) is 74.5 cm³/mol. The largest absolute Gasteiger partial charge is 0.461 e. The van der Waals surface area contributed by atoms with Crippen molar-refractivity contribution in [2.24, 2.45) is 0 Å². The van der Waals surface area contributed by atoms with Gasteiger partial charge in [-0.2, -0.15) is 0 Å². The Bertz CT molecular complexity index is 456. The molecule has 1 rings (SSSR count). The van der Waals surface area contributed by atoms with Gasteiger partial charge in [0.05, 0.1) is 6.61 Å². The Morgan fingerprint density at radius 2 is 2.32 bits per heavy atom. The summed E-state index contributed by atoms with van der Waals surface area (Å²) in [5.74, 6) is -0.670. The third-order valence-corrected chi connectivity index (χ3v) is 3.24. The van der Waals surface area contributed by atoms with Gasteiger partial charge < -0.3 is 9.64 Å². The highest BCUT2D eigenvalue weighted by Gasteiger charge is 2.18. The van der Waals surface area contributed by atoms with Gasteiger partial charge in [0.1, 0.15) is 5.69 Å². The Morgan fingerprint density at radius 3 is 2.95 bits per heavy atom. The summed E-state index contributed by atoms with van der Waals surface area (Å²) in [4.78, 5) is 29.1. The number of hydrogen-bond acceptors (Lipinski definition) is 5. The third kappa shape index (κ3) is 4.48. The molecule has 0 saturated heterocycles. The number of allylic oxidation sites excluding steroid dienone is 1. The summed E-state index contributed by atoms with van der Waals surface area (Å²) in [6.45, 7) is 6.29. The summed E-state index contributed by atoms with van der Waals surface area (Å²) < 4.78 is 4.83. The van der Waals surface area contributed by atoms with Crippen LogP contribution in [0.2, 0.25) is 0 Å². The van der Waals surface area contributed by atoms with Crippen molar-refractivity contribution in [2.45, 2.75) is 19.8 Å². The number of amides is 1. The van der Waals surface area contributed by atoms with Crippen LogP contribution in [0.15, 0.2) is 18.0 Å². The number of thiazole rings is 1. The monoisotopic (exact) mass is 282 g/mol. The number of ether oxygens (including phenoxy) is 1. The second-order valence-electron chi connectivity index (χ2n) is 3.92. The van der Waals surface area contributed by atoms with Crippen LogP contribution in [-0.2, 0) is 4.74 Å². The SMILES string of the molecule is C=CCCCN(C)C(=O)c1csc(C(=O)OCC)n1. The van der Waals surface area contributed by atoms with Crippen LogP contribution in [0.25, 0.3) is 0 Å². The van der Waals surface area contributed by atoms with Gasteiger partial charge in [0.2, 0.25) is 5.01 Å². The summed E-state index contributed by atoms with van der Waals surface area (Å²) in [6, 6.07) is 0. The highest BCUT2D eigenvalue weighted by atomic mass is 32.1. The molecule has 19 heavy (non-hydrogen) atoms. The van der Waals surface area contributed by atoms with Crippen molar-refractivity contribution in [3.05, 3.63) is 28.7 Å². The van der Waals surface area contributed by atoms with E-state index in [-0.39, 0.29) is 16.6 Å². The molecule has 0 fully saturated rings. The molecule has 0 radical (unpaired) electrons. The van der Waals surface area contributed by atoms with Crippen LogP contribution in [0.3, 0.4) is 0 Å². The van der Waals surface area contributed by atoms with Gasteiger partial charge in [-0.05, 0) is 19.8 Å². The molecule has 1 aromatic heterocycles. The van der Waals surface area contributed by atoms with Crippen molar-refractivity contribution in [3.8, 4) is 0 Å². The lowest BCUT2D eigenvalue weighted by Crippen LogP contribution is -2.28. The van der Waals surface area contributed by atoms with Gasteiger partial charge in [-0.25, -0.2) is 9.78 Å². The lowest BCUT2D eigenvalue weighted by atomic mass is 10.3. The molecule has 6 heteroatoms. The van der Waals surface area contributed by atoms with E-state index < -0.39 is 5.97 Å². The van der Waals surface area contributed by atoms with E-state index in [2.05, 4.69) is 11.6 Å². The van der Waals surface area contributed by atoms with Crippen molar-refractivity contribution >= 4 is 23.2 Å². The summed E-state index contributed by atoms with van der Waals surface area (Å²) in [5.41, 5.74) is 0.286. The zero-order chi connectivity index (χ0) is 14.3. The second-order valence-corrected chi connectivity index (χ2v) is 4.77. The summed E-state index contributed by atoms with van der Waals surface area (Å²) in [6.07, 6.45) is 3.55. The van der Waals surface area contributed by atoms with Crippen LogP contribution in [0.4, 0.5) is 0 Å². The van der Waals surface area contributed by atoms with Crippen molar-refractivity contribution in [2.75, 3.05) is 20.2 Å². The third-order valence-electron chi connectivity index (χ3n) is 2.42. The summed E-state index contributed by atoms with van der Waals surface area (Å²) in [5, 5.41) is 1.79. The molecule has 0 saturated carbocycles. The van der Waals surface area contributed by atoms with E-state index in [9.17, 15) is 9.59 Å². The molecule has 104 valence electrons. The van der Waals surface area contributed by atoms with Crippen molar-refractivity contribution in [1.29, 1.82) is 0 Å². The van der Waals surface area contributed by atoms with Gasteiger partial charge in [-0.15, -0.1) is 17.9 Å². The molecule has 0 aliphatic carbocycles. The van der Waals surface area contributed by atoms with Gasteiger partial charge in [0.15, 0.2) is 0 Å². The minimum atomic E-state index is -0.485.